The van der Waals surface area contributed by atoms with Crippen molar-refractivity contribution in [2.75, 3.05) is 11.5 Å². The van der Waals surface area contributed by atoms with Gasteiger partial charge < -0.3 is 0 Å². The zero-order valence-corrected chi connectivity index (χ0v) is 23.0. The number of rotatable bonds is 12. The molecule has 2 N–H and O–H groups in total. The molecule has 4 aromatic rings. The maximum Gasteiger partial charge on any atom is 0.178 e. The van der Waals surface area contributed by atoms with Crippen LogP contribution in [0.1, 0.15) is 35.1 Å². The van der Waals surface area contributed by atoms with Gasteiger partial charge in [0.25, 0.3) is 0 Å². The molecule has 0 aromatic carbocycles. The Morgan fingerprint density at radius 2 is 1.13 bits per heavy atom. The van der Waals surface area contributed by atoms with Gasteiger partial charge in [0, 0.05) is 95.1 Å². The highest BCUT2D eigenvalue weighted by molar-refractivity contribution is 7.94. The Morgan fingerprint density at radius 1 is 0.667 bits per heavy atom. The first-order valence-electron chi connectivity index (χ1n) is 12.9. The average Bonchev–Trinajstić information content (AvgIpc) is 2.92. The molecule has 0 amide bonds. The van der Waals surface area contributed by atoms with E-state index < -0.39 is 0 Å². The Hall–Kier alpha value is -2.42. The highest BCUT2D eigenvalue weighted by Gasteiger charge is 2.41. The Kier molecular flexibility index (Phi) is 8.23. The van der Waals surface area contributed by atoms with E-state index in [1.54, 1.807) is 0 Å². The highest BCUT2D eigenvalue weighted by atomic mass is 32.2. The molecule has 2 aliphatic rings. The smallest absolute Gasteiger partial charge is 0.178 e. The van der Waals surface area contributed by atoms with Crippen molar-refractivity contribution >= 4 is 45.6 Å². The summed E-state index contributed by atoms with van der Waals surface area (Å²) < 4.78 is 13.5. The SMILES string of the molecule is OOOSCCC[n+]1cc2c3c(cncc3c1)CC1(Cc3cncc4c[n+](CCCSOOO)cc(c34)C1)C2. The minimum atomic E-state index is 0.0641. The van der Waals surface area contributed by atoms with Gasteiger partial charge in [-0.05, 0) is 42.2 Å². The van der Waals surface area contributed by atoms with Crippen LogP contribution in [0.15, 0.2) is 49.6 Å². The van der Waals surface area contributed by atoms with Gasteiger partial charge in [-0.25, -0.2) is 19.6 Å². The molecule has 0 aliphatic heterocycles. The molecule has 4 aromatic heterocycles. The predicted molar refractivity (Wildman–Crippen MR) is 145 cm³/mol. The molecule has 0 saturated heterocycles. The van der Waals surface area contributed by atoms with Crippen molar-refractivity contribution < 1.29 is 38.4 Å². The third kappa shape index (κ3) is 5.74. The molecule has 0 radical (unpaired) electrons. The van der Waals surface area contributed by atoms with E-state index in [2.05, 4.69) is 75.0 Å². The van der Waals surface area contributed by atoms with Gasteiger partial charge in [0.15, 0.2) is 24.8 Å². The minimum absolute atomic E-state index is 0.0641. The fourth-order valence-corrected chi connectivity index (χ4v) is 7.21. The van der Waals surface area contributed by atoms with Crippen LogP contribution in [0.4, 0.5) is 0 Å². The quantitative estimate of drug-likeness (QED) is 0.0847. The van der Waals surface area contributed by atoms with Gasteiger partial charge in [-0.3, -0.25) is 9.97 Å². The van der Waals surface area contributed by atoms with Gasteiger partial charge in [-0.1, -0.05) is 10.1 Å². The Labute approximate surface area is 234 Å². The lowest BCUT2D eigenvalue weighted by Gasteiger charge is -2.40. The fourth-order valence-electron chi connectivity index (χ4n) is 6.49. The van der Waals surface area contributed by atoms with Crippen molar-refractivity contribution in [1.29, 1.82) is 0 Å². The number of nitrogens with zero attached hydrogens (tertiary/aromatic N) is 4. The monoisotopic (exact) mass is 570 g/mol. The van der Waals surface area contributed by atoms with Gasteiger partial charge in [0.05, 0.1) is 10.8 Å². The lowest BCUT2D eigenvalue weighted by atomic mass is 9.63. The standard InChI is InChI=1S/C27H28N4O6S2/c32-34-36-38-5-1-3-30-15-21-9-27(7-19-11-28-13-23(17-30)25(19)21)8-20-12-29-14-24-18-31(4-2-6-39-37-35-33)16-22(10-27)26(20)24/h11-18H,1-10H2/p+2. The summed E-state index contributed by atoms with van der Waals surface area (Å²) in [6.07, 6.45) is 22.7. The summed E-state index contributed by atoms with van der Waals surface area (Å²) >= 11 is 2.18. The largest absolute Gasteiger partial charge is 0.264 e. The van der Waals surface area contributed by atoms with Crippen LogP contribution in [0.5, 0.6) is 0 Å². The van der Waals surface area contributed by atoms with Crippen molar-refractivity contribution in [2.24, 2.45) is 5.41 Å². The van der Waals surface area contributed by atoms with Crippen molar-refractivity contribution in [2.45, 2.75) is 51.6 Å². The normalized spacial score (nSPS) is 15.4. The maximum atomic E-state index is 8.34. The van der Waals surface area contributed by atoms with Crippen LogP contribution in [-0.4, -0.2) is 32.0 Å². The lowest BCUT2D eigenvalue weighted by Crippen LogP contribution is -2.41. The second-order valence-electron chi connectivity index (χ2n) is 10.4. The Balaban J connectivity index is 1.28. The molecule has 0 unspecified atom stereocenters. The molecule has 2 aliphatic carbocycles. The second-order valence-corrected chi connectivity index (χ2v) is 12.0. The van der Waals surface area contributed by atoms with Crippen LogP contribution in [0, 0.1) is 5.41 Å². The van der Waals surface area contributed by atoms with E-state index >= 15 is 0 Å². The molecule has 39 heavy (non-hydrogen) atoms. The van der Waals surface area contributed by atoms with E-state index in [-0.39, 0.29) is 5.41 Å². The van der Waals surface area contributed by atoms with Crippen molar-refractivity contribution in [3.05, 3.63) is 71.8 Å². The van der Waals surface area contributed by atoms with Gasteiger partial charge in [0.2, 0.25) is 0 Å². The van der Waals surface area contributed by atoms with Crippen LogP contribution in [0.2, 0.25) is 0 Å². The summed E-state index contributed by atoms with van der Waals surface area (Å²) in [5.41, 5.74) is 5.44. The van der Waals surface area contributed by atoms with E-state index in [1.807, 2.05) is 12.4 Å². The van der Waals surface area contributed by atoms with Crippen LogP contribution in [-0.2, 0) is 57.5 Å². The van der Waals surface area contributed by atoms with E-state index in [9.17, 15) is 0 Å². The molecule has 10 nitrogen and oxygen atoms in total. The third-order valence-corrected chi connectivity index (χ3v) is 8.93. The molecule has 204 valence electrons. The number of hydrogen-bond acceptors (Lipinski definition) is 10. The molecular formula is C27H30N4O6S2+2. The summed E-state index contributed by atoms with van der Waals surface area (Å²) in [6.45, 7) is 1.67. The molecule has 0 fully saturated rings. The first kappa shape index (κ1) is 26.8. The van der Waals surface area contributed by atoms with Gasteiger partial charge in [-0.15, -0.1) is 8.67 Å². The average molecular weight is 571 g/mol. The maximum absolute atomic E-state index is 8.34. The van der Waals surface area contributed by atoms with E-state index in [0.29, 0.717) is 11.5 Å². The molecule has 12 heteroatoms. The van der Waals surface area contributed by atoms with Crippen molar-refractivity contribution in [3.63, 3.8) is 0 Å². The van der Waals surface area contributed by atoms with E-state index in [4.69, 9.17) is 10.5 Å². The second kappa shape index (κ2) is 12.0. The van der Waals surface area contributed by atoms with E-state index in [1.165, 1.54) is 43.8 Å². The Morgan fingerprint density at radius 3 is 1.59 bits per heavy atom. The minimum Gasteiger partial charge on any atom is -0.264 e. The summed E-state index contributed by atoms with van der Waals surface area (Å²) in [5, 5.41) is 29.1. The predicted octanol–water partition coefficient (Wildman–Crippen LogP) is 4.16. The number of aromatic nitrogens is 4. The fraction of sp³-hybridized carbons (Fsp3) is 0.407. The lowest BCUT2D eigenvalue weighted by molar-refractivity contribution is -0.695. The molecule has 0 bridgehead atoms. The van der Waals surface area contributed by atoms with Gasteiger partial charge in [-0.2, -0.15) is 0 Å². The number of aryl methyl sites for hydroxylation is 2. The summed E-state index contributed by atoms with van der Waals surface area (Å²) in [7, 11) is 0. The zero-order chi connectivity index (χ0) is 26.7. The molecule has 0 atom stereocenters. The topological polar surface area (TPSA) is 111 Å². The van der Waals surface area contributed by atoms with Crippen molar-refractivity contribution in [1.82, 2.24) is 9.97 Å². The Bertz CT molecular complexity index is 1380. The molecule has 6 rings (SSSR count). The summed E-state index contributed by atoms with van der Waals surface area (Å²) in [6, 6.07) is 0. The van der Waals surface area contributed by atoms with Gasteiger partial charge in [0.1, 0.15) is 13.1 Å². The molecule has 0 saturated carbocycles. The van der Waals surface area contributed by atoms with Gasteiger partial charge >= 0.3 is 0 Å². The van der Waals surface area contributed by atoms with Crippen LogP contribution >= 0.6 is 24.1 Å². The van der Waals surface area contributed by atoms with Crippen molar-refractivity contribution in [3.8, 4) is 0 Å². The first-order valence-corrected chi connectivity index (χ1v) is 14.8. The summed E-state index contributed by atoms with van der Waals surface area (Å²) in [5.74, 6) is 1.41. The third-order valence-electron chi connectivity index (χ3n) is 7.71. The van der Waals surface area contributed by atoms with Crippen LogP contribution < -0.4 is 9.13 Å². The zero-order valence-electron chi connectivity index (χ0n) is 21.3. The molecule has 4 heterocycles. The highest BCUT2D eigenvalue weighted by Crippen LogP contribution is 2.46. The molecule has 1 spiro atoms. The molecular weight excluding hydrogens is 540 g/mol. The van der Waals surface area contributed by atoms with E-state index in [0.717, 1.165) is 75.7 Å². The van der Waals surface area contributed by atoms with Crippen LogP contribution in [0.25, 0.3) is 21.5 Å². The number of pyridine rings is 4. The van der Waals surface area contributed by atoms with Crippen LogP contribution in [0.3, 0.4) is 0 Å². The first-order chi connectivity index (χ1) is 19.2. The summed E-state index contributed by atoms with van der Waals surface area (Å²) in [4.78, 5) is 9.23. The number of hydrogen-bond donors (Lipinski definition) is 2.